The van der Waals surface area contributed by atoms with Gasteiger partial charge in [0.15, 0.2) is 0 Å². The lowest BCUT2D eigenvalue weighted by Gasteiger charge is -2.06. The second-order valence-corrected chi connectivity index (χ2v) is 3.09. The van der Waals surface area contributed by atoms with Crippen LogP contribution in [0, 0.1) is 0 Å². The molecule has 0 aliphatic rings. The van der Waals surface area contributed by atoms with Crippen LogP contribution in [0.3, 0.4) is 0 Å². The van der Waals surface area contributed by atoms with Gasteiger partial charge >= 0.3 is 0 Å². The van der Waals surface area contributed by atoms with E-state index in [0.717, 1.165) is 18.8 Å². The monoisotopic (exact) mass is 211 g/mol. The van der Waals surface area contributed by atoms with Crippen molar-refractivity contribution in [3.8, 4) is 5.88 Å². The number of nitrogens with one attached hydrogen (secondary N) is 1. The lowest BCUT2D eigenvalue weighted by molar-refractivity contribution is 0.229. The summed E-state index contributed by atoms with van der Waals surface area (Å²) in [6, 6.07) is 1.76. The highest BCUT2D eigenvalue weighted by Crippen LogP contribution is 2.10. The van der Waals surface area contributed by atoms with Crippen molar-refractivity contribution in [2.45, 2.75) is 19.8 Å². The molecule has 0 amide bonds. The molecule has 1 aromatic rings. The van der Waals surface area contributed by atoms with Gasteiger partial charge in [0.1, 0.15) is 12.1 Å². The fourth-order valence-corrected chi connectivity index (χ4v) is 1.01. The molecular weight excluding hydrogens is 194 g/mol. The van der Waals surface area contributed by atoms with Gasteiger partial charge in [0.2, 0.25) is 5.88 Å². The van der Waals surface area contributed by atoms with Crippen LogP contribution in [0.15, 0.2) is 12.4 Å². The van der Waals surface area contributed by atoms with Gasteiger partial charge in [-0.25, -0.2) is 9.97 Å². The van der Waals surface area contributed by atoms with Crippen LogP contribution >= 0.6 is 0 Å². The molecule has 0 bridgehead atoms. The molecular formula is C10H17N3O2. The van der Waals surface area contributed by atoms with E-state index < -0.39 is 0 Å². The first-order valence-corrected chi connectivity index (χ1v) is 5.16. The smallest absolute Gasteiger partial charge is 0.218 e. The van der Waals surface area contributed by atoms with E-state index in [9.17, 15) is 0 Å². The van der Waals surface area contributed by atoms with Gasteiger partial charge in [0, 0.05) is 25.6 Å². The van der Waals surface area contributed by atoms with Crippen molar-refractivity contribution >= 4 is 5.82 Å². The molecule has 0 fully saturated rings. The lowest BCUT2D eigenvalue weighted by atomic mass is 10.4. The lowest BCUT2D eigenvalue weighted by Crippen LogP contribution is -2.05. The molecule has 0 saturated heterocycles. The Balaban J connectivity index is 2.42. The number of hydrogen-bond donors (Lipinski definition) is 2. The molecule has 0 aliphatic heterocycles. The number of hydrogen-bond acceptors (Lipinski definition) is 5. The molecule has 0 spiro atoms. The van der Waals surface area contributed by atoms with Crippen LogP contribution in [0.4, 0.5) is 5.82 Å². The zero-order chi connectivity index (χ0) is 10.9. The Morgan fingerprint density at radius 2 is 2.33 bits per heavy atom. The number of aliphatic hydroxyl groups is 1. The Kier molecular flexibility index (Phi) is 5.47. The van der Waals surface area contributed by atoms with Crippen LogP contribution in [-0.2, 0) is 0 Å². The summed E-state index contributed by atoms with van der Waals surface area (Å²) < 4.78 is 5.32. The minimum atomic E-state index is 0.131. The van der Waals surface area contributed by atoms with E-state index >= 15 is 0 Å². The van der Waals surface area contributed by atoms with Crippen LogP contribution in [-0.4, -0.2) is 34.8 Å². The minimum absolute atomic E-state index is 0.131. The second-order valence-electron chi connectivity index (χ2n) is 3.09. The molecule has 0 saturated carbocycles. The minimum Gasteiger partial charge on any atom is -0.477 e. The molecule has 1 aromatic heterocycles. The number of nitrogens with zero attached hydrogens (tertiary/aromatic N) is 2. The summed E-state index contributed by atoms with van der Waals surface area (Å²) in [7, 11) is 0. The third-order valence-electron chi connectivity index (χ3n) is 1.75. The Bertz CT molecular complexity index is 281. The van der Waals surface area contributed by atoms with E-state index in [1.807, 2.05) is 0 Å². The second kappa shape index (κ2) is 7.00. The Labute approximate surface area is 89.5 Å². The first-order chi connectivity index (χ1) is 7.36. The first-order valence-electron chi connectivity index (χ1n) is 5.16. The van der Waals surface area contributed by atoms with Crippen LogP contribution in [0.2, 0.25) is 0 Å². The van der Waals surface area contributed by atoms with Gasteiger partial charge in [0.05, 0.1) is 6.61 Å². The SMILES string of the molecule is CCCNc1cc(OCCCO)ncn1. The Morgan fingerprint density at radius 3 is 3.07 bits per heavy atom. The molecule has 0 radical (unpaired) electrons. The summed E-state index contributed by atoms with van der Waals surface area (Å²) >= 11 is 0. The molecule has 1 rings (SSSR count). The number of aromatic nitrogens is 2. The molecule has 1 heterocycles. The zero-order valence-corrected chi connectivity index (χ0v) is 8.94. The third kappa shape index (κ3) is 4.60. The third-order valence-corrected chi connectivity index (χ3v) is 1.75. The molecule has 5 nitrogen and oxygen atoms in total. The van der Waals surface area contributed by atoms with Crippen molar-refractivity contribution in [3.05, 3.63) is 12.4 Å². The van der Waals surface area contributed by atoms with Gasteiger partial charge in [-0.2, -0.15) is 0 Å². The number of ether oxygens (including phenoxy) is 1. The average Bonchev–Trinajstić information content (AvgIpc) is 2.27. The maximum absolute atomic E-state index is 8.59. The highest BCUT2D eigenvalue weighted by Gasteiger charge is 1.98. The highest BCUT2D eigenvalue weighted by molar-refractivity contribution is 5.36. The van der Waals surface area contributed by atoms with Crippen LogP contribution in [0.5, 0.6) is 5.88 Å². The quantitative estimate of drug-likeness (QED) is 0.660. The summed E-state index contributed by atoms with van der Waals surface area (Å²) in [5, 5.41) is 11.7. The van der Waals surface area contributed by atoms with E-state index in [1.54, 1.807) is 6.07 Å². The van der Waals surface area contributed by atoms with Crippen LogP contribution in [0.1, 0.15) is 19.8 Å². The van der Waals surface area contributed by atoms with E-state index in [1.165, 1.54) is 6.33 Å². The van der Waals surface area contributed by atoms with Crippen molar-refractivity contribution in [2.24, 2.45) is 0 Å². The summed E-state index contributed by atoms with van der Waals surface area (Å²) in [4.78, 5) is 8.02. The van der Waals surface area contributed by atoms with Crippen LogP contribution < -0.4 is 10.1 Å². The van der Waals surface area contributed by atoms with E-state index in [0.29, 0.717) is 18.9 Å². The van der Waals surface area contributed by atoms with Gasteiger partial charge in [-0.1, -0.05) is 6.92 Å². The van der Waals surface area contributed by atoms with Gasteiger partial charge in [-0.15, -0.1) is 0 Å². The normalized spacial score (nSPS) is 10.0. The van der Waals surface area contributed by atoms with Gasteiger partial charge in [-0.3, -0.25) is 0 Å². The number of rotatable bonds is 7. The molecule has 0 unspecified atom stereocenters. The maximum Gasteiger partial charge on any atom is 0.218 e. The van der Waals surface area contributed by atoms with E-state index in [2.05, 4.69) is 22.2 Å². The summed E-state index contributed by atoms with van der Waals surface area (Å²) in [5.41, 5.74) is 0. The van der Waals surface area contributed by atoms with Crippen LogP contribution in [0.25, 0.3) is 0 Å². The van der Waals surface area contributed by atoms with Crippen molar-refractivity contribution in [1.82, 2.24) is 9.97 Å². The predicted octanol–water partition coefficient (Wildman–Crippen LogP) is 1.06. The summed E-state index contributed by atoms with van der Waals surface area (Å²) in [6.45, 7) is 3.58. The Hall–Kier alpha value is -1.36. The van der Waals surface area contributed by atoms with Gasteiger partial charge in [-0.05, 0) is 6.42 Å². The fraction of sp³-hybridized carbons (Fsp3) is 0.600. The van der Waals surface area contributed by atoms with E-state index in [4.69, 9.17) is 9.84 Å². The molecule has 84 valence electrons. The molecule has 2 N–H and O–H groups in total. The molecule has 5 heteroatoms. The van der Waals surface area contributed by atoms with Gasteiger partial charge in [0.25, 0.3) is 0 Å². The van der Waals surface area contributed by atoms with Crippen molar-refractivity contribution in [2.75, 3.05) is 25.1 Å². The Morgan fingerprint density at radius 1 is 1.47 bits per heavy atom. The maximum atomic E-state index is 8.59. The van der Waals surface area contributed by atoms with Crippen molar-refractivity contribution < 1.29 is 9.84 Å². The molecule has 0 aliphatic carbocycles. The van der Waals surface area contributed by atoms with Gasteiger partial charge < -0.3 is 15.2 Å². The number of aliphatic hydroxyl groups excluding tert-OH is 1. The number of anilines is 1. The highest BCUT2D eigenvalue weighted by atomic mass is 16.5. The standard InChI is InChI=1S/C10H17N3O2/c1-2-4-11-9-7-10(13-8-12-9)15-6-3-5-14/h7-8,14H,2-6H2,1H3,(H,11,12,13). The topological polar surface area (TPSA) is 67.3 Å². The van der Waals surface area contributed by atoms with E-state index in [-0.39, 0.29) is 6.61 Å². The summed E-state index contributed by atoms with van der Waals surface area (Å²) in [6.07, 6.45) is 3.12. The molecule has 0 atom stereocenters. The molecule has 15 heavy (non-hydrogen) atoms. The summed E-state index contributed by atoms with van der Waals surface area (Å²) in [5.74, 6) is 1.31. The zero-order valence-electron chi connectivity index (χ0n) is 8.94. The molecule has 0 aromatic carbocycles. The predicted molar refractivity (Wildman–Crippen MR) is 58.0 cm³/mol. The first kappa shape index (κ1) is 11.7. The fourth-order valence-electron chi connectivity index (χ4n) is 1.01. The van der Waals surface area contributed by atoms with Crippen molar-refractivity contribution in [1.29, 1.82) is 0 Å². The van der Waals surface area contributed by atoms with Crippen molar-refractivity contribution in [3.63, 3.8) is 0 Å². The largest absolute Gasteiger partial charge is 0.477 e. The average molecular weight is 211 g/mol.